The summed E-state index contributed by atoms with van der Waals surface area (Å²) >= 11 is 12.4. The lowest BCUT2D eigenvalue weighted by Gasteiger charge is -2.38. The van der Waals surface area contributed by atoms with Gasteiger partial charge in [0, 0.05) is 52.5 Å². The van der Waals surface area contributed by atoms with Crippen molar-refractivity contribution in [2.75, 3.05) is 46.4 Å². The van der Waals surface area contributed by atoms with Gasteiger partial charge in [0.15, 0.2) is 0 Å². The molecule has 1 saturated heterocycles. The van der Waals surface area contributed by atoms with Crippen LogP contribution in [-0.2, 0) is 9.53 Å². The first-order valence-electron chi connectivity index (χ1n) is 10.0. The van der Waals surface area contributed by atoms with Gasteiger partial charge in [-0.15, -0.1) is 0 Å². The highest BCUT2D eigenvalue weighted by Gasteiger charge is 2.39. The molecular formula is C21H25Cl2N5O2. The average molecular weight is 450 g/mol. The van der Waals surface area contributed by atoms with Crippen LogP contribution in [0.25, 0.3) is 0 Å². The minimum absolute atomic E-state index is 0.000126. The number of ether oxygens (including phenoxy) is 1. The molecule has 0 aromatic heterocycles. The Hall–Kier alpha value is -1.93. The van der Waals surface area contributed by atoms with E-state index in [1.165, 1.54) is 0 Å². The third kappa shape index (κ3) is 4.12. The van der Waals surface area contributed by atoms with Crippen molar-refractivity contribution in [3.63, 3.8) is 0 Å². The van der Waals surface area contributed by atoms with Crippen molar-refractivity contribution in [3.05, 3.63) is 45.1 Å². The van der Waals surface area contributed by atoms with E-state index in [0.717, 1.165) is 36.7 Å². The van der Waals surface area contributed by atoms with Crippen LogP contribution in [0.5, 0.6) is 0 Å². The molecule has 0 aliphatic carbocycles. The zero-order valence-corrected chi connectivity index (χ0v) is 18.7. The molecule has 9 heteroatoms. The number of fused-ring (bicyclic) bond motifs is 1. The van der Waals surface area contributed by atoms with Crippen LogP contribution in [0.4, 0.5) is 0 Å². The van der Waals surface area contributed by atoms with Gasteiger partial charge >= 0.3 is 0 Å². The van der Waals surface area contributed by atoms with Gasteiger partial charge in [0.1, 0.15) is 11.9 Å². The SMILES string of the molecule is COCCN1CCN(C(=O)C2=C(C)N=C3CC=NN3C2c2ccc(Cl)c(Cl)c2)CC1. The first kappa shape index (κ1) is 21.3. The maximum Gasteiger partial charge on any atom is 0.254 e. The third-order valence-electron chi connectivity index (χ3n) is 5.71. The lowest BCUT2D eigenvalue weighted by molar-refractivity contribution is -0.129. The Labute approximate surface area is 186 Å². The Balaban J connectivity index is 1.62. The molecule has 1 aromatic carbocycles. The Morgan fingerprint density at radius 1 is 1.20 bits per heavy atom. The monoisotopic (exact) mass is 449 g/mol. The summed E-state index contributed by atoms with van der Waals surface area (Å²) in [6.45, 7) is 6.48. The molecule has 0 N–H and O–H groups in total. The fraction of sp³-hybridized carbons (Fsp3) is 0.476. The normalized spacial score (nSPS) is 21.9. The summed E-state index contributed by atoms with van der Waals surface area (Å²) in [4.78, 5) is 22.5. The van der Waals surface area contributed by atoms with E-state index in [1.807, 2.05) is 35.2 Å². The molecule has 3 heterocycles. The highest BCUT2D eigenvalue weighted by atomic mass is 35.5. The fourth-order valence-corrected chi connectivity index (χ4v) is 4.39. The molecule has 0 radical (unpaired) electrons. The van der Waals surface area contributed by atoms with Crippen LogP contribution < -0.4 is 0 Å². The minimum atomic E-state index is -0.370. The van der Waals surface area contributed by atoms with Gasteiger partial charge in [0.05, 0.1) is 27.9 Å². The van der Waals surface area contributed by atoms with Gasteiger partial charge < -0.3 is 9.64 Å². The van der Waals surface area contributed by atoms with Gasteiger partial charge in [-0.05, 0) is 24.6 Å². The highest BCUT2D eigenvalue weighted by Crippen LogP contribution is 2.39. The van der Waals surface area contributed by atoms with E-state index in [2.05, 4.69) is 15.0 Å². The molecule has 0 saturated carbocycles. The van der Waals surface area contributed by atoms with Gasteiger partial charge in [-0.1, -0.05) is 29.3 Å². The number of amidine groups is 1. The van der Waals surface area contributed by atoms with Crippen molar-refractivity contribution in [1.29, 1.82) is 0 Å². The van der Waals surface area contributed by atoms with Gasteiger partial charge in [-0.3, -0.25) is 9.69 Å². The van der Waals surface area contributed by atoms with Crippen LogP contribution >= 0.6 is 23.2 Å². The molecule has 30 heavy (non-hydrogen) atoms. The van der Waals surface area contributed by atoms with Crippen LogP contribution in [0.1, 0.15) is 24.9 Å². The van der Waals surface area contributed by atoms with Crippen LogP contribution in [-0.4, -0.2) is 79.2 Å². The molecular weight excluding hydrogens is 425 g/mol. The van der Waals surface area contributed by atoms with Gasteiger partial charge in [-0.25, -0.2) is 10.0 Å². The molecule has 7 nitrogen and oxygen atoms in total. The second kappa shape index (κ2) is 9.06. The summed E-state index contributed by atoms with van der Waals surface area (Å²) < 4.78 is 5.17. The number of hydrogen-bond acceptors (Lipinski definition) is 6. The Morgan fingerprint density at radius 2 is 1.97 bits per heavy atom. The first-order chi connectivity index (χ1) is 14.5. The number of hydrazone groups is 1. The topological polar surface area (TPSA) is 60.7 Å². The van der Waals surface area contributed by atoms with Crippen molar-refractivity contribution in [2.24, 2.45) is 10.1 Å². The molecule has 0 spiro atoms. The predicted molar refractivity (Wildman–Crippen MR) is 119 cm³/mol. The summed E-state index contributed by atoms with van der Waals surface area (Å²) in [6, 6.07) is 5.11. The fourth-order valence-electron chi connectivity index (χ4n) is 4.08. The highest BCUT2D eigenvalue weighted by molar-refractivity contribution is 6.42. The van der Waals surface area contributed by atoms with E-state index in [4.69, 9.17) is 27.9 Å². The summed E-state index contributed by atoms with van der Waals surface area (Å²) in [6.07, 6.45) is 2.47. The van der Waals surface area contributed by atoms with E-state index in [-0.39, 0.29) is 11.9 Å². The molecule has 3 aliphatic rings. The second-order valence-electron chi connectivity index (χ2n) is 7.58. The van der Waals surface area contributed by atoms with Crippen molar-refractivity contribution in [1.82, 2.24) is 14.8 Å². The maximum atomic E-state index is 13.6. The molecule has 1 amide bonds. The zero-order chi connectivity index (χ0) is 21.3. The van der Waals surface area contributed by atoms with E-state index in [9.17, 15) is 4.79 Å². The van der Waals surface area contributed by atoms with Crippen LogP contribution in [0.3, 0.4) is 0 Å². The standard InChI is InChI=1S/C21H25Cl2N5O2/c1-14-19(21(29)27-9-7-26(8-10-27)11-12-30-2)20(28-18(25-14)5-6-24-28)15-3-4-16(22)17(23)13-15/h3-4,6,13,20H,5,7-12H2,1-2H3. The smallest absolute Gasteiger partial charge is 0.254 e. The van der Waals surface area contributed by atoms with E-state index >= 15 is 0 Å². The maximum absolute atomic E-state index is 13.6. The number of nitrogens with zero attached hydrogens (tertiary/aromatic N) is 5. The van der Waals surface area contributed by atoms with Gasteiger partial charge in [-0.2, -0.15) is 5.10 Å². The molecule has 3 aliphatic heterocycles. The van der Waals surface area contributed by atoms with Crippen molar-refractivity contribution < 1.29 is 9.53 Å². The lowest BCUT2D eigenvalue weighted by Crippen LogP contribution is -2.51. The van der Waals surface area contributed by atoms with Gasteiger partial charge in [0.25, 0.3) is 5.91 Å². The van der Waals surface area contributed by atoms with Crippen molar-refractivity contribution in [2.45, 2.75) is 19.4 Å². The number of amides is 1. The van der Waals surface area contributed by atoms with Crippen LogP contribution in [0.15, 0.2) is 39.6 Å². The third-order valence-corrected chi connectivity index (χ3v) is 6.45. The minimum Gasteiger partial charge on any atom is -0.383 e. The van der Waals surface area contributed by atoms with Crippen molar-refractivity contribution >= 4 is 41.2 Å². The summed E-state index contributed by atoms with van der Waals surface area (Å²) in [5, 5.41) is 7.27. The number of allylic oxidation sites excluding steroid dienone is 1. The largest absolute Gasteiger partial charge is 0.383 e. The molecule has 4 rings (SSSR count). The number of carbonyl (C=O) groups excluding carboxylic acids is 1. The first-order valence-corrected chi connectivity index (χ1v) is 10.8. The number of piperazine rings is 1. The second-order valence-corrected chi connectivity index (χ2v) is 8.39. The number of benzene rings is 1. The van der Waals surface area contributed by atoms with E-state index < -0.39 is 0 Å². The molecule has 1 fully saturated rings. The molecule has 0 bridgehead atoms. The molecule has 1 aromatic rings. The summed E-state index contributed by atoms with van der Waals surface area (Å²) in [5.41, 5.74) is 2.24. The van der Waals surface area contributed by atoms with Crippen LogP contribution in [0.2, 0.25) is 10.0 Å². The van der Waals surface area contributed by atoms with Crippen molar-refractivity contribution in [3.8, 4) is 0 Å². The predicted octanol–water partition coefficient (Wildman–Crippen LogP) is 3.20. The number of rotatable bonds is 5. The summed E-state index contributed by atoms with van der Waals surface area (Å²) in [5.74, 6) is 0.837. The zero-order valence-electron chi connectivity index (χ0n) is 17.1. The number of halogens is 2. The Kier molecular flexibility index (Phi) is 6.43. The lowest BCUT2D eigenvalue weighted by atomic mass is 9.93. The van der Waals surface area contributed by atoms with Crippen LogP contribution in [0, 0.1) is 0 Å². The molecule has 1 unspecified atom stereocenters. The number of methoxy groups -OCH3 is 1. The number of hydrogen-bond donors (Lipinski definition) is 0. The van der Waals surface area contributed by atoms with Gasteiger partial charge in [0.2, 0.25) is 0 Å². The Bertz CT molecular complexity index is 922. The molecule has 160 valence electrons. The van der Waals surface area contributed by atoms with E-state index in [1.54, 1.807) is 13.2 Å². The summed E-state index contributed by atoms with van der Waals surface area (Å²) in [7, 11) is 1.71. The quantitative estimate of drug-likeness (QED) is 0.692. The van der Waals surface area contributed by atoms with E-state index in [0.29, 0.717) is 41.7 Å². The Morgan fingerprint density at radius 3 is 2.67 bits per heavy atom. The molecule has 1 atom stereocenters. The average Bonchev–Trinajstić information content (AvgIpc) is 3.21. The number of aliphatic imine (C=N–C) groups is 1. The number of carbonyl (C=O) groups is 1.